The second kappa shape index (κ2) is 8.16. The molecule has 0 aromatic carbocycles. The molecular weight excluding hydrogens is 396 g/mol. The van der Waals surface area contributed by atoms with Crippen LogP contribution in [-0.4, -0.2) is 43.9 Å². The Morgan fingerprint density at radius 3 is 2.50 bits per heavy atom. The number of anilines is 1. The fourth-order valence-corrected chi connectivity index (χ4v) is 5.38. The molecular formula is C19H24N4O3S2. The maximum absolute atomic E-state index is 12.9. The van der Waals surface area contributed by atoms with E-state index in [4.69, 9.17) is 0 Å². The Balaban J connectivity index is 1.75. The van der Waals surface area contributed by atoms with Gasteiger partial charge in [-0.2, -0.15) is 0 Å². The van der Waals surface area contributed by atoms with Crippen molar-refractivity contribution in [3.05, 3.63) is 22.5 Å². The molecule has 1 fully saturated rings. The van der Waals surface area contributed by atoms with E-state index in [1.54, 1.807) is 18.7 Å². The Kier molecular flexibility index (Phi) is 6.04. The molecule has 1 aliphatic carbocycles. The number of ketones is 2. The standard InChI is InChI=1S/C19H24N4O3S2/c1-6-14(25)23(13-7-8-13)18-21-22-19(28-18)27-12(5)17(26)16-9(2)15(11(4)24)10(3)20-16/h12-13,20H,6-8H2,1-5H3/t12-/m1/s1. The molecule has 0 saturated heterocycles. The van der Waals surface area contributed by atoms with Crippen molar-refractivity contribution in [1.29, 1.82) is 0 Å². The van der Waals surface area contributed by atoms with Gasteiger partial charge in [-0.05, 0) is 46.1 Å². The number of carbonyl (C=O) groups is 3. The van der Waals surface area contributed by atoms with Crippen LogP contribution in [0.3, 0.4) is 0 Å². The predicted octanol–water partition coefficient (Wildman–Crippen LogP) is 3.95. The zero-order chi connectivity index (χ0) is 20.6. The second-order valence-electron chi connectivity index (χ2n) is 7.00. The van der Waals surface area contributed by atoms with Crippen molar-refractivity contribution in [3.8, 4) is 0 Å². The molecule has 2 aromatic heterocycles. The lowest BCUT2D eigenvalue weighted by Crippen LogP contribution is -2.32. The third-order valence-electron chi connectivity index (χ3n) is 4.77. The number of amides is 1. The summed E-state index contributed by atoms with van der Waals surface area (Å²) < 4.78 is 0.651. The molecule has 0 bridgehead atoms. The van der Waals surface area contributed by atoms with Gasteiger partial charge in [-0.3, -0.25) is 19.3 Å². The molecule has 1 atom stereocenters. The molecule has 1 saturated carbocycles. The van der Waals surface area contributed by atoms with Gasteiger partial charge < -0.3 is 4.98 Å². The summed E-state index contributed by atoms with van der Waals surface area (Å²) in [6.45, 7) is 8.74. The summed E-state index contributed by atoms with van der Waals surface area (Å²) in [5, 5.41) is 8.56. The van der Waals surface area contributed by atoms with Crippen molar-refractivity contribution in [3.63, 3.8) is 0 Å². The number of nitrogens with zero attached hydrogens (tertiary/aromatic N) is 3. The SMILES string of the molecule is CCC(=O)N(c1nnc(S[C@H](C)C(=O)c2[nH]c(C)c(C(C)=O)c2C)s1)C1CC1. The Morgan fingerprint density at radius 1 is 1.29 bits per heavy atom. The van der Waals surface area contributed by atoms with Crippen molar-refractivity contribution in [1.82, 2.24) is 15.2 Å². The number of aromatic nitrogens is 3. The van der Waals surface area contributed by atoms with Gasteiger partial charge in [0.15, 0.2) is 15.9 Å². The summed E-state index contributed by atoms with van der Waals surface area (Å²) in [5.41, 5.74) is 2.45. The number of H-pyrrole nitrogens is 1. The van der Waals surface area contributed by atoms with Crippen molar-refractivity contribution in [2.45, 2.75) is 69.5 Å². The number of aryl methyl sites for hydroxylation is 1. The van der Waals surface area contributed by atoms with Gasteiger partial charge in [0.1, 0.15) is 0 Å². The zero-order valence-electron chi connectivity index (χ0n) is 16.7. The first-order chi connectivity index (χ1) is 13.2. The topological polar surface area (TPSA) is 96.0 Å². The molecule has 0 radical (unpaired) electrons. The van der Waals surface area contributed by atoms with Crippen molar-refractivity contribution in [2.75, 3.05) is 4.90 Å². The van der Waals surface area contributed by atoms with Crippen LogP contribution >= 0.6 is 23.1 Å². The first-order valence-corrected chi connectivity index (χ1v) is 11.0. The molecule has 1 amide bonds. The highest BCUT2D eigenvalue weighted by Crippen LogP contribution is 2.37. The molecule has 0 aliphatic heterocycles. The molecule has 150 valence electrons. The minimum atomic E-state index is -0.395. The van der Waals surface area contributed by atoms with Gasteiger partial charge >= 0.3 is 0 Å². The highest BCUT2D eigenvalue weighted by atomic mass is 32.2. The van der Waals surface area contributed by atoms with Gasteiger partial charge in [0.25, 0.3) is 0 Å². The highest BCUT2D eigenvalue weighted by Gasteiger charge is 2.35. The lowest BCUT2D eigenvalue weighted by Gasteiger charge is -2.17. The van der Waals surface area contributed by atoms with E-state index in [9.17, 15) is 14.4 Å². The van der Waals surface area contributed by atoms with Crippen molar-refractivity contribution < 1.29 is 14.4 Å². The van der Waals surface area contributed by atoms with Crippen LogP contribution in [0.5, 0.6) is 0 Å². The Bertz CT molecular complexity index is 930. The molecule has 0 spiro atoms. The summed E-state index contributed by atoms with van der Waals surface area (Å²) in [6.07, 6.45) is 2.41. The Morgan fingerprint density at radius 2 is 1.96 bits per heavy atom. The Labute approximate surface area is 172 Å². The van der Waals surface area contributed by atoms with E-state index in [2.05, 4.69) is 15.2 Å². The van der Waals surface area contributed by atoms with E-state index in [1.165, 1.54) is 30.0 Å². The molecule has 7 nitrogen and oxygen atoms in total. The summed E-state index contributed by atoms with van der Waals surface area (Å²) in [4.78, 5) is 41.7. The van der Waals surface area contributed by atoms with Gasteiger partial charge in [-0.25, -0.2) is 0 Å². The average molecular weight is 421 g/mol. The van der Waals surface area contributed by atoms with Gasteiger partial charge in [0.2, 0.25) is 11.0 Å². The van der Waals surface area contributed by atoms with Gasteiger partial charge in [0, 0.05) is 23.7 Å². The smallest absolute Gasteiger partial charge is 0.228 e. The van der Waals surface area contributed by atoms with E-state index in [0.29, 0.717) is 38.4 Å². The number of hydrogen-bond acceptors (Lipinski definition) is 7. The number of hydrogen-bond donors (Lipinski definition) is 1. The first-order valence-electron chi connectivity index (χ1n) is 9.31. The summed E-state index contributed by atoms with van der Waals surface area (Å²) in [7, 11) is 0. The van der Waals surface area contributed by atoms with Gasteiger partial charge in [-0.15, -0.1) is 10.2 Å². The molecule has 9 heteroatoms. The Hall–Kier alpha value is -2.00. The minimum absolute atomic E-state index is 0.0496. The number of thioether (sulfide) groups is 1. The number of Topliss-reactive ketones (excluding diaryl/α,β-unsaturated/α-hetero) is 2. The number of aromatic amines is 1. The minimum Gasteiger partial charge on any atom is -0.355 e. The monoisotopic (exact) mass is 420 g/mol. The largest absolute Gasteiger partial charge is 0.355 e. The fraction of sp³-hybridized carbons (Fsp3) is 0.526. The quantitative estimate of drug-likeness (QED) is 0.395. The molecule has 2 heterocycles. The lowest BCUT2D eigenvalue weighted by molar-refractivity contribution is -0.118. The summed E-state index contributed by atoms with van der Waals surface area (Å²) in [5.74, 6) is -0.0905. The van der Waals surface area contributed by atoms with E-state index >= 15 is 0 Å². The van der Waals surface area contributed by atoms with Crippen LogP contribution in [0.25, 0.3) is 0 Å². The van der Waals surface area contributed by atoms with E-state index in [1.807, 2.05) is 13.8 Å². The van der Waals surface area contributed by atoms with Crippen LogP contribution in [0.2, 0.25) is 0 Å². The fourth-order valence-electron chi connectivity index (χ4n) is 3.25. The second-order valence-corrected chi connectivity index (χ2v) is 9.55. The summed E-state index contributed by atoms with van der Waals surface area (Å²) in [6, 6.07) is 0.229. The third kappa shape index (κ3) is 4.05. The number of nitrogens with one attached hydrogen (secondary N) is 1. The lowest BCUT2D eigenvalue weighted by atomic mass is 10.0. The summed E-state index contributed by atoms with van der Waals surface area (Å²) >= 11 is 2.66. The van der Waals surface area contributed by atoms with Crippen LogP contribution in [0.1, 0.15) is 72.1 Å². The van der Waals surface area contributed by atoms with E-state index < -0.39 is 5.25 Å². The molecule has 1 aliphatic rings. The first kappa shape index (κ1) is 20.7. The maximum Gasteiger partial charge on any atom is 0.228 e. The number of rotatable bonds is 8. The molecule has 28 heavy (non-hydrogen) atoms. The van der Waals surface area contributed by atoms with Crippen LogP contribution in [-0.2, 0) is 4.79 Å². The van der Waals surface area contributed by atoms with Gasteiger partial charge in [0.05, 0.1) is 10.9 Å². The van der Waals surface area contributed by atoms with Crippen LogP contribution < -0.4 is 4.90 Å². The van der Waals surface area contributed by atoms with Crippen LogP contribution in [0.15, 0.2) is 4.34 Å². The van der Waals surface area contributed by atoms with Crippen molar-refractivity contribution >= 4 is 45.7 Å². The third-order valence-corrected chi connectivity index (χ3v) is 6.87. The molecule has 2 aromatic rings. The molecule has 3 rings (SSSR count). The highest BCUT2D eigenvalue weighted by molar-refractivity contribution is 8.02. The molecule has 0 unspecified atom stereocenters. The molecule has 1 N–H and O–H groups in total. The predicted molar refractivity (Wildman–Crippen MR) is 111 cm³/mol. The normalized spacial score (nSPS) is 14.8. The van der Waals surface area contributed by atoms with E-state index in [0.717, 1.165) is 12.8 Å². The zero-order valence-corrected chi connectivity index (χ0v) is 18.3. The number of carbonyl (C=O) groups excluding carboxylic acids is 3. The van der Waals surface area contributed by atoms with Crippen LogP contribution in [0.4, 0.5) is 5.13 Å². The van der Waals surface area contributed by atoms with Crippen molar-refractivity contribution in [2.24, 2.45) is 0 Å². The van der Waals surface area contributed by atoms with Crippen LogP contribution in [0, 0.1) is 13.8 Å². The van der Waals surface area contributed by atoms with E-state index in [-0.39, 0.29) is 23.5 Å². The average Bonchev–Trinajstić information content (AvgIpc) is 3.29. The maximum atomic E-state index is 12.9. The van der Waals surface area contributed by atoms with Gasteiger partial charge in [-0.1, -0.05) is 30.0 Å².